The standard InChI is InChI=1S/C16H25N3O.ClH/c1-2-3-12-4-6-14(7-5-12)19-16(20)13-8-9-18-15(10-13)11-17;/h8-10,12,14H,2-7,11,17H2,1H3,(H,19,20);1H. The maximum Gasteiger partial charge on any atom is 0.251 e. The Kier molecular flexibility index (Phi) is 7.68. The Morgan fingerprint density at radius 2 is 2.10 bits per heavy atom. The van der Waals surface area contributed by atoms with Gasteiger partial charge < -0.3 is 11.1 Å². The summed E-state index contributed by atoms with van der Waals surface area (Å²) in [7, 11) is 0. The molecule has 0 radical (unpaired) electrons. The topological polar surface area (TPSA) is 68.0 Å². The lowest BCUT2D eigenvalue weighted by Gasteiger charge is -2.29. The van der Waals surface area contributed by atoms with Crippen LogP contribution in [0.2, 0.25) is 0 Å². The van der Waals surface area contributed by atoms with Gasteiger partial charge in [0, 0.05) is 24.3 Å². The fourth-order valence-corrected chi connectivity index (χ4v) is 3.00. The quantitative estimate of drug-likeness (QED) is 0.878. The van der Waals surface area contributed by atoms with Gasteiger partial charge in [0.25, 0.3) is 5.91 Å². The van der Waals surface area contributed by atoms with Gasteiger partial charge in [-0.15, -0.1) is 12.4 Å². The molecule has 1 fully saturated rings. The number of carbonyl (C=O) groups excluding carboxylic acids is 1. The molecule has 1 aromatic rings. The zero-order valence-electron chi connectivity index (χ0n) is 12.7. The molecule has 1 heterocycles. The maximum atomic E-state index is 12.2. The molecule has 21 heavy (non-hydrogen) atoms. The predicted molar refractivity (Wildman–Crippen MR) is 87.5 cm³/mol. The molecule has 5 heteroatoms. The van der Waals surface area contributed by atoms with Crippen molar-refractivity contribution in [2.45, 2.75) is 58.0 Å². The van der Waals surface area contributed by atoms with Gasteiger partial charge in [0.05, 0.1) is 5.69 Å². The highest BCUT2D eigenvalue weighted by Crippen LogP contribution is 2.27. The summed E-state index contributed by atoms with van der Waals surface area (Å²) in [6, 6.07) is 3.85. The summed E-state index contributed by atoms with van der Waals surface area (Å²) >= 11 is 0. The number of carbonyl (C=O) groups is 1. The monoisotopic (exact) mass is 311 g/mol. The predicted octanol–water partition coefficient (Wildman–Crippen LogP) is 3.05. The van der Waals surface area contributed by atoms with E-state index >= 15 is 0 Å². The first-order valence-corrected chi connectivity index (χ1v) is 7.68. The molecule has 0 atom stereocenters. The van der Waals surface area contributed by atoms with Gasteiger partial charge in [-0.3, -0.25) is 9.78 Å². The number of aromatic nitrogens is 1. The van der Waals surface area contributed by atoms with Gasteiger partial charge in [0.1, 0.15) is 0 Å². The average Bonchev–Trinajstić information content (AvgIpc) is 2.49. The first kappa shape index (κ1) is 17.9. The third kappa shape index (κ3) is 5.29. The van der Waals surface area contributed by atoms with Crippen LogP contribution in [0.4, 0.5) is 0 Å². The average molecular weight is 312 g/mol. The second-order valence-electron chi connectivity index (χ2n) is 5.72. The molecule has 2 rings (SSSR count). The summed E-state index contributed by atoms with van der Waals surface area (Å²) in [4.78, 5) is 16.3. The summed E-state index contributed by atoms with van der Waals surface area (Å²) in [6.45, 7) is 2.61. The van der Waals surface area contributed by atoms with Crippen molar-refractivity contribution in [1.82, 2.24) is 10.3 Å². The normalized spacial score (nSPS) is 21.4. The summed E-state index contributed by atoms with van der Waals surface area (Å²) in [5.74, 6) is 0.860. The van der Waals surface area contributed by atoms with Gasteiger partial charge in [0.15, 0.2) is 0 Å². The van der Waals surface area contributed by atoms with Crippen LogP contribution in [-0.2, 0) is 6.54 Å². The van der Waals surface area contributed by atoms with Gasteiger partial charge in [-0.1, -0.05) is 19.8 Å². The zero-order valence-corrected chi connectivity index (χ0v) is 13.5. The number of hydrogen-bond donors (Lipinski definition) is 2. The number of nitrogens with two attached hydrogens (primary N) is 1. The fourth-order valence-electron chi connectivity index (χ4n) is 3.00. The lowest BCUT2D eigenvalue weighted by Crippen LogP contribution is -2.37. The third-order valence-corrected chi connectivity index (χ3v) is 4.17. The largest absolute Gasteiger partial charge is 0.349 e. The first-order chi connectivity index (χ1) is 9.72. The highest BCUT2D eigenvalue weighted by molar-refractivity contribution is 5.94. The zero-order chi connectivity index (χ0) is 14.4. The molecule has 118 valence electrons. The molecule has 4 nitrogen and oxygen atoms in total. The SMILES string of the molecule is CCCC1CCC(NC(=O)c2ccnc(CN)c2)CC1.Cl. The van der Waals surface area contributed by atoms with Crippen molar-refractivity contribution in [3.63, 3.8) is 0 Å². The van der Waals surface area contributed by atoms with Gasteiger partial charge in [-0.05, 0) is 43.7 Å². The Morgan fingerprint density at radius 3 is 2.71 bits per heavy atom. The molecule has 0 aromatic carbocycles. The molecule has 1 aliphatic carbocycles. The van der Waals surface area contributed by atoms with Crippen LogP contribution in [0.1, 0.15) is 61.5 Å². The van der Waals surface area contributed by atoms with Crippen molar-refractivity contribution < 1.29 is 4.79 Å². The minimum Gasteiger partial charge on any atom is -0.349 e. The highest BCUT2D eigenvalue weighted by atomic mass is 35.5. The molecule has 0 spiro atoms. The number of halogens is 1. The molecule has 0 unspecified atom stereocenters. The number of rotatable bonds is 5. The summed E-state index contributed by atoms with van der Waals surface area (Å²) in [6.07, 6.45) is 8.92. The van der Waals surface area contributed by atoms with E-state index in [0.717, 1.165) is 24.5 Å². The second kappa shape index (κ2) is 9.00. The van der Waals surface area contributed by atoms with E-state index in [1.807, 2.05) is 0 Å². The molecule has 0 saturated heterocycles. The highest BCUT2D eigenvalue weighted by Gasteiger charge is 2.22. The van der Waals surface area contributed by atoms with E-state index in [4.69, 9.17) is 5.73 Å². The molecule has 0 bridgehead atoms. The summed E-state index contributed by atoms with van der Waals surface area (Å²) < 4.78 is 0. The Hall–Kier alpha value is -1.13. The Labute approximate surface area is 133 Å². The number of amides is 1. The molecule has 0 aliphatic heterocycles. The van der Waals surface area contributed by atoms with Crippen molar-refractivity contribution in [3.8, 4) is 0 Å². The van der Waals surface area contributed by atoms with Crippen LogP contribution in [0.3, 0.4) is 0 Å². The van der Waals surface area contributed by atoms with Crippen molar-refractivity contribution in [2.24, 2.45) is 11.7 Å². The number of pyridine rings is 1. The molecule has 1 amide bonds. The number of hydrogen-bond acceptors (Lipinski definition) is 3. The van der Waals surface area contributed by atoms with Gasteiger partial charge in [0.2, 0.25) is 0 Å². The third-order valence-electron chi connectivity index (χ3n) is 4.17. The second-order valence-corrected chi connectivity index (χ2v) is 5.72. The molecule has 3 N–H and O–H groups in total. The Bertz CT molecular complexity index is 445. The van der Waals surface area contributed by atoms with Crippen molar-refractivity contribution in [3.05, 3.63) is 29.6 Å². The smallest absolute Gasteiger partial charge is 0.251 e. The number of nitrogens with zero attached hydrogens (tertiary/aromatic N) is 1. The first-order valence-electron chi connectivity index (χ1n) is 7.68. The van der Waals surface area contributed by atoms with Crippen LogP contribution in [0.25, 0.3) is 0 Å². The fraction of sp³-hybridized carbons (Fsp3) is 0.625. The van der Waals surface area contributed by atoms with E-state index in [9.17, 15) is 4.79 Å². The Balaban J connectivity index is 0.00000220. The molecular formula is C16H26ClN3O. The minimum absolute atomic E-state index is 0. The van der Waals surface area contributed by atoms with Crippen LogP contribution < -0.4 is 11.1 Å². The van der Waals surface area contributed by atoms with Crippen LogP contribution in [0.5, 0.6) is 0 Å². The van der Waals surface area contributed by atoms with Crippen molar-refractivity contribution in [1.29, 1.82) is 0 Å². The van der Waals surface area contributed by atoms with Gasteiger partial charge >= 0.3 is 0 Å². The van der Waals surface area contributed by atoms with Gasteiger partial charge in [-0.25, -0.2) is 0 Å². The number of nitrogens with one attached hydrogen (secondary N) is 1. The maximum absolute atomic E-state index is 12.2. The van der Waals surface area contributed by atoms with E-state index in [-0.39, 0.29) is 18.3 Å². The van der Waals surface area contributed by atoms with Crippen LogP contribution >= 0.6 is 12.4 Å². The lowest BCUT2D eigenvalue weighted by atomic mass is 9.83. The lowest BCUT2D eigenvalue weighted by molar-refractivity contribution is 0.0921. The van der Waals surface area contributed by atoms with Gasteiger partial charge in [-0.2, -0.15) is 0 Å². The van der Waals surface area contributed by atoms with E-state index in [2.05, 4.69) is 17.2 Å². The molecule has 1 aliphatic rings. The summed E-state index contributed by atoms with van der Waals surface area (Å²) in [5.41, 5.74) is 6.97. The van der Waals surface area contributed by atoms with Crippen molar-refractivity contribution in [2.75, 3.05) is 0 Å². The van der Waals surface area contributed by atoms with E-state index in [1.54, 1.807) is 18.3 Å². The van der Waals surface area contributed by atoms with E-state index in [1.165, 1.54) is 25.7 Å². The van der Waals surface area contributed by atoms with E-state index < -0.39 is 0 Å². The summed E-state index contributed by atoms with van der Waals surface area (Å²) in [5, 5.41) is 3.14. The van der Waals surface area contributed by atoms with Crippen LogP contribution in [0, 0.1) is 5.92 Å². The van der Waals surface area contributed by atoms with E-state index in [0.29, 0.717) is 18.2 Å². The van der Waals surface area contributed by atoms with Crippen LogP contribution in [-0.4, -0.2) is 16.9 Å². The van der Waals surface area contributed by atoms with Crippen molar-refractivity contribution >= 4 is 18.3 Å². The minimum atomic E-state index is 0. The van der Waals surface area contributed by atoms with Crippen LogP contribution in [0.15, 0.2) is 18.3 Å². The molecule has 1 saturated carbocycles. The molecular weight excluding hydrogens is 286 g/mol. The Morgan fingerprint density at radius 1 is 1.38 bits per heavy atom. The molecule has 1 aromatic heterocycles.